The molecule has 0 aromatic rings. The number of carbonyl (C=O) groups is 2. The van der Waals surface area contributed by atoms with Crippen molar-refractivity contribution in [3.8, 4) is 0 Å². The average Bonchev–Trinajstić information content (AvgIpc) is 2.97. The summed E-state index contributed by atoms with van der Waals surface area (Å²) < 4.78 is 28.8. The van der Waals surface area contributed by atoms with Gasteiger partial charge in [0, 0.05) is 12.8 Å². The third-order valence-electron chi connectivity index (χ3n) is 4.96. The lowest BCUT2D eigenvalue weighted by Gasteiger charge is -2.13. The molecule has 1 fully saturated rings. The molecule has 0 aliphatic carbocycles. The zero-order valence-electron chi connectivity index (χ0n) is 16.9. The Labute approximate surface area is 165 Å². The number of rotatable bonds is 17. The fourth-order valence-corrected chi connectivity index (χ4v) is 4.43. The van der Waals surface area contributed by atoms with Crippen LogP contribution in [-0.2, 0) is 24.1 Å². The molecule has 0 spiro atoms. The van der Waals surface area contributed by atoms with E-state index in [0.717, 1.165) is 19.3 Å². The highest BCUT2D eigenvalue weighted by Crippen LogP contribution is 2.18. The third kappa shape index (κ3) is 10.2. The predicted molar refractivity (Wildman–Crippen MR) is 106 cm³/mol. The molecule has 1 saturated heterocycles. The lowest BCUT2D eigenvalue weighted by molar-refractivity contribution is -0.132. The van der Waals surface area contributed by atoms with E-state index in [0.29, 0.717) is 6.42 Å². The van der Waals surface area contributed by atoms with E-state index in [4.69, 9.17) is 4.18 Å². The lowest BCUT2D eigenvalue weighted by atomic mass is 10.0. The van der Waals surface area contributed by atoms with Gasteiger partial charge in [-0.25, -0.2) is 0 Å². The second kappa shape index (κ2) is 14.1. The topological polar surface area (TPSA) is 80.8 Å². The lowest BCUT2D eigenvalue weighted by Crippen LogP contribution is -2.36. The molecule has 158 valence electrons. The molecular formula is C20H37NO5S. The van der Waals surface area contributed by atoms with E-state index >= 15 is 0 Å². The summed E-state index contributed by atoms with van der Waals surface area (Å²) in [5.41, 5.74) is 0. The molecule has 0 unspecified atom stereocenters. The number of amides is 2. The Bertz CT molecular complexity index is 516. The van der Waals surface area contributed by atoms with Crippen molar-refractivity contribution < 1.29 is 22.2 Å². The Balaban J connectivity index is 1.90. The molecule has 1 aliphatic rings. The highest BCUT2D eigenvalue weighted by atomic mass is 32.2. The Morgan fingerprint density at radius 3 is 1.48 bits per heavy atom. The van der Waals surface area contributed by atoms with Gasteiger partial charge in [-0.3, -0.25) is 13.8 Å². The summed E-state index contributed by atoms with van der Waals surface area (Å²) >= 11 is 0. The second-order valence-corrected chi connectivity index (χ2v) is 8.88. The smallest absolute Gasteiger partial charge is 0.273 e. The van der Waals surface area contributed by atoms with Gasteiger partial charge in [-0.2, -0.15) is 12.7 Å². The van der Waals surface area contributed by atoms with Crippen LogP contribution in [0, 0.1) is 0 Å². The van der Waals surface area contributed by atoms with Gasteiger partial charge in [0.2, 0.25) is 11.8 Å². The first-order chi connectivity index (χ1) is 13.0. The van der Waals surface area contributed by atoms with Gasteiger partial charge < -0.3 is 0 Å². The van der Waals surface area contributed by atoms with Crippen LogP contribution < -0.4 is 0 Å². The van der Waals surface area contributed by atoms with Gasteiger partial charge in [0.05, 0.1) is 6.61 Å². The number of imide groups is 1. The number of hydrogen-bond donors (Lipinski definition) is 0. The number of nitrogens with zero attached hydrogens (tertiary/aromatic N) is 1. The van der Waals surface area contributed by atoms with Crippen molar-refractivity contribution in [3.05, 3.63) is 0 Å². The largest absolute Gasteiger partial charge is 0.371 e. The highest BCUT2D eigenvalue weighted by molar-refractivity contribution is 7.85. The maximum atomic E-state index is 11.8. The minimum absolute atomic E-state index is 0.0252. The Kier molecular flexibility index (Phi) is 12.6. The van der Waals surface area contributed by atoms with Gasteiger partial charge in [0.15, 0.2) is 0 Å². The minimum atomic E-state index is -4.24. The summed E-state index contributed by atoms with van der Waals surface area (Å²) in [5.74, 6) is -1.39. The van der Waals surface area contributed by atoms with E-state index in [1.54, 1.807) is 0 Å². The Hall–Kier alpha value is -0.950. The van der Waals surface area contributed by atoms with Gasteiger partial charge in [-0.1, -0.05) is 90.4 Å². The summed E-state index contributed by atoms with van der Waals surface area (Å²) in [7, 11) is -4.24. The minimum Gasteiger partial charge on any atom is -0.273 e. The van der Waals surface area contributed by atoms with E-state index in [1.165, 1.54) is 64.2 Å². The number of carbonyl (C=O) groups excluding carboxylic acids is 2. The Morgan fingerprint density at radius 2 is 1.07 bits per heavy atom. The van der Waals surface area contributed by atoms with Crippen LogP contribution in [0.2, 0.25) is 0 Å². The van der Waals surface area contributed by atoms with Crippen molar-refractivity contribution >= 4 is 22.1 Å². The first-order valence-corrected chi connectivity index (χ1v) is 12.1. The summed E-state index contributed by atoms with van der Waals surface area (Å²) in [6.45, 7) is 2.27. The molecule has 0 atom stereocenters. The van der Waals surface area contributed by atoms with E-state index < -0.39 is 22.1 Å². The fourth-order valence-electron chi connectivity index (χ4n) is 3.32. The molecule has 0 N–H and O–H groups in total. The number of hydrogen-bond acceptors (Lipinski definition) is 5. The molecule has 1 rings (SSSR count). The SMILES string of the molecule is CCCCCCCCCCCCCCCCOS(=O)(=O)N1C(=O)CCC1=O. The van der Waals surface area contributed by atoms with Crippen LogP contribution >= 0.6 is 0 Å². The first-order valence-electron chi connectivity index (χ1n) is 10.7. The van der Waals surface area contributed by atoms with E-state index in [-0.39, 0.29) is 23.8 Å². The van der Waals surface area contributed by atoms with Crippen molar-refractivity contribution in [2.75, 3.05) is 6.61 Å². The predicted octanol–water partition coefficient (Wildman–Crippen LogP) is 4.88. The molecule has 1 heterocycles. The van der Waals surface area contributed by atoms with Crippen LogP contribution in [0.1, 0.15) is 110 Å². The number of unbranched alkanes of at least 4 members (excludes halogenated alkanes) is 13. The van der Waals surface area contributed by atoms with E-state index in [9.17, 15) is 18.0 Å². The highest BCUT2D eigenvalue weighted by Gasteiger charge is 2.39. The van der Waals surface area contributed by atoms with E-state index in [1.807, 2.05) is 0 Å². The monoisotopic (exact) mass is 403 g/mol. The molecule has 1 aliphatic heterocycles. The molecule has 0 radical (unpaired) electrons. The summed E-state index contributed by atoms with van der Waals surface area (Å²) in [5, 5.41) is 0. The van der Waals surface area contributed by atoms with Crippen LogP contribution in [-0.4, -0.2) is 31.1 Å². The zero-order valence-corrected chi connectivity index (χ0v) is 17.7. The van der Waals surface area contributed by atoms with Gasteiger partial charge in [0.1, 0.15) is 0 Å². The molecule has 2 amide bonds. The molecule has 0 aromatic carbocycles. The standard InChI is InChI=1S/C20H37NO5S/c1-2-3-4-5-6-7-8-9-10-11-12-13-14-15-18-26-27(24,25)21-19(22)16-17-20(21)23/h2-18H2,1H3. The molecule has 6 nitrogen and oxygen atoms in total. The molecule has 0 saturated carbocycles. The van der Waals surface area contributed by atoms with Gasteiger partial charge >= 0.3 is 10.3 Å². The van der Waals surface area contributed by atoms with Crippen molar-refractivity contribution in [1.29, 1.82) is 0 Å². The quantitative estimate of drug-likeness (QED) is 0.255. The van der Waals surface area contributed by atoms with Crippen molar-refractivity contribution in [2.24, 2.45) is 0 Å². The van der Waals surface area contributed by atoms with Crippen LogP contribution in [0.5, 0.6) is 0 Å². The third-order valence-corrected chi connectivity index (χ3v) is 6.28. The maximum absolute atomic E-state index is 11.8. The summed E-state index contributed by atoms with van der Waals surface area (Å²) in [6, 6.07) is 0. The van der Waals surface area contributed by atoms with Crippen LogP contribution in [0.15, 0.2) is 0 Å². The Morgan fingerprint density at radius 1 is 0.704 bits per heavy atom. The van der Waals surface area contributed by atoms with Crippen molar-refractivity contribution in [3.63, 3.8) is 0 Å². The molecule has 0 aromatic heterocycles. The molecule has 7 heteroatoms. The van der Waals surface area contributed by atoms with Crippen molar-refractivity contribution in [2.45, 2.75) is 110 Å². The normalized spacial score (nSPS) is 15.1. The van der Waals surface area contributed by atoms with E-state index in [2.05, 4.69) is 6.92 Å². The summed E-state index contributed by atoms with van der Waals surface area (Å²) in [4.78, 5) is 22.9. The summed E-state index contributed by atoms with van der Waals surface area (Å²) in [6.07, 6.45) is 16.9. The van der Waals surface area contributed by atoms with Gasteiger partial charge in [0.25, 0.3) is 0 Å². The van der Waals surface area contributed by atoms with Crippen LogP contribution in [0.3, 0.4) is 0 Å². The second-order valence-electron chi connectivity index (χ2n) is 7.43. The maximum Gasteiger partial charge on any atom is 0.371 e. The molecule has 0 bridgehead atoms. The van der Waals surface area contributed by atoms with Crippen molar-refractivity contribution in [1.82, 2.24) is 4.31 Å². The van der Waals surface area contributed by atoms with Gasteiger partial charge in [-0.05, 0) is 6.42 Å². The van der Waals surface area contributed by atoms with Crippen LogP contribution in [0.25, 0.3) is 0 Å². The fraction of sp³-hybridized carbons (Fsp3) is 0.900. The zero-order chi connectivity index (χ0) is 20.0. The molecule has 27 heavy (non-hydrogen) atoms. The van der Waals surface area contributed by atoms with Crippen LogP contribution in [0.4, 0.5) is 0 Å². The molecular weight excluding hydrogens is 366 g/mol. The average molecular weight is 404 g/mol. The van der Waals surface area contributed by atoms with Gasteiger partial charge in [-0.15, -0.1) is 0 Å². The first kappa shape index (κ1) is 24.1.